The third-order valence-electron chi connectivity index (χ3n) is 6.29. The van der Waals surface area contributed by atoms with Crippen molar-refractivity contribution in [1.29, 1.82) is 5.41 Å². The number of benzene rings is 3. The Bertz CT molecular complexity index is 1270. The summed E-state index contributed by atoms with van der Waals surface area (Å²) in [5.74, 6) is -0.614. The summed E-state index contributed by atoms with van der Waals surface area (Å²) in [6, 6.07) is 21.8. The molecule has 1 aliphatic rings. The molecule has 1 N–H and O–H groups in total. The minimum Gasteiger partial charge on any atom is -0.445 e. The molecule has 0 radical (unpaired) electrons. The SMILES string of the molecule is C[C@@H]1OC(OC(=N)C(Cl)(Cl)Cl)[C@@H](OCc2ccc(Cl)cc2)[C@H](OCc2ccc(Cl)cc2)[C@@H]1OCc1ccc(Cl)cc1. The van der Waals surface area contributed by atoms with Gasteiger partial charge in [-0.15, -0.1) is 0 Å². The molecule has 3 aromatic rings. The monoisotopic (exact) mass is 679 g/mol. The Labute approximate surface area is 269 Å². The van der Waals surface area contributed by atoms with Crippen LogP contribution < -0.4 is 0 Å². The molecule has 0 aliphatic carbocycles. The van der Waals surface area contributed by atoms with Crippen LogP contribution in [0.5, 0.6) is 0 Å². The lowest BCUT2D eigenvalue weighted by Crippen LogP contribution is -2.60. The summed E-state index contributed by atoms with van der Waals surface area (Å²) in [5.41, 5.74) is 2.64. The average molecular weight is 682 g/mol. The van der Waals surface area contributed by atoms with Gasteiger partial charge in [0.05, 0.1) is 25.9 Å². The number of hydrogen-bond acceptors (Lipinski definition) is 6. The summed E-state index contributed by atoms with van der Waals surface area (Å²) in [6.45, 7) is 2.45. The molecule has 1 heterocycles. The molecule has 0 spiro atoms. The van der Waals surface area contributed by atoms with E-state index in [1.54, 1.807) is 36.4 Å². The maximum atomic E-state index is 8.17. The Hall–Kier alpha value is -1.29. The fourth-order valence-corrected chi connectivity index (χ4v) is 4.68. The second-order valence-corrected chi connectivity index (χ2v) is 13.0. The molecule has 1 unspecified atom stereocenters. The zero-order valence-corrected chi connectivity index (χ0v) is 26.3. The van der Waals surface area contributed by atoms with Crippen LogP contribution in [0.15, 0.2) is 72.8 Å². The second-order valence-electron chi connectivity index (χ2n) is 9.36. The molecular weight excluding hydrogens is 655 g/mol. The van der Waals surface area contributed by atoms with Gasteiger partial charge in [0.2, 0.25) is 12.2 Å². The van der Waals surface area contributed by atoms with Crippen LogP contribution in [-0.4, -0.2) is 40.4 Å². The standard InChI is InChI=1S/C29H27Cl6NO5/c1-17-24(37-14-18-2-8-21(30)9-3-18)25(38-15-19-4-10-22(31)11-5-19)26(27(40-17)41-28(36)29(33,34)35)39-16-20-6-12-23(32)13-7-20/h2-13,17,24-27,36H,14-16H2,1H3/t17-,24+,25+,26-,27?/m0/s1. The van der Waals surface area contributed by atoms with Crippen molar-refractivity contribution in [3.63, 3.8) is 0 Å². The van der Waals surface area contributed by atoms with E-state index in [-0.39, 0.29) is 19.8 Å². The van der Waals surface area contributed by atoms with Gasteiger partial charge in [-0.1, -0.05) is 106 Å². The van der Waals surface area contributed by atoms with E-state index in [1.165, 1.54) is 0 Å². The minimum absolute atomic E-state index is 0.158. The van der Waals surface area contributed by atoms with E-state index in [4.69, 9.17) is 98.7 Å². The Morgan fingerprint density at radius 2 is 1.02 bits per heavy atom. The molecule has 6 nitrogen and oxygen atoms in total. The van der Waals surface area contributed by atoms with Crippen molar-refractivity contribution in [3.8, 4) is 0 Å². The van der Waals surface area contributed by atoms with Crippen LogP contribution in [0.2, 0.25) is 15.1 Å². The van der Waals surface area contributed by atoms with Crippen LogP contribution in [-0.2, 0) is 43.5 Å². The van der Waals surface area contributed by atoms with Gasteiger partial charge < -0.3 is 23.7 Å². The number of hydrogen-bond donors (Lipinski definition) is 1. The van der Waals surface area contributed by atoms with Crippen molar-refractivity contribution in [2.24, 2.45) is 0 Å². The molecule has 0 saturated carbocycles. The van der Waals surface area contributed by atoms with E-state index in [2.05, 4.69) is 0 Å². The van der Waals surface area contributed by atoms with Crippen LogP contribution >= 0.6 is 69.6 Å². The van der Waals surface area contributed by atoms with E-state index >= 15 is 0 Å². The molecule has 5 atom stereocenters. The molecule has 12 heteroatoms. The second kappa shape index (κ2) is 14.9. The maximum Gasteiger partial charge on any atom is 0.265 e. The first-order valence-electron chi connectivity index (χ1n) is 12.6. The highest BCUT2D eigenvalue weighted by Gasteiger charge is 2.49. The fourth-order valence-electron chi connectivity index (χ4n) is 4.17. The molecule has 1 saturated heterocycles. The minimum atomic E-state index is -2.10. The van der Waals surface area contributed by atoms with Gasteiger partial charge in [-0.05, 0) is 60.0 Å². The Balaban J connectivity index is 1.62. The molecule has 1 fully saturated rings. The van der Waals surface area contributed by atoms with E-state index in [0.717, 1.165) is 16.7 Å². The molecule has 0 aromatic heterocycles. The highest BCUT2D eigenvalue weighted by atomic mass is 35.6. The molecule has 4 rings (SSSR count). The van der Waals surface area contributed by atoms with Crippen molar-refractivity contribution in [2.75, 3.05) is 0 Å². The van der Waals surface area contributed by atoms with Crippen LogP contribution in [0.3, 0.4) is 0 Å². The van der Waals surface area contributed by atoms with Crippen molar-refractivity contribution >= 4 is 75.5 Å². The summed E-state index contributed by atoms with van der Waals surface area (Å²) in [6.07, 6.45) is -3.92. The first kappa shape index (κ1) is 32.6. The zero-order chi connectivity index (χ0) is 29.6. The molecule has 1 aliphatic heterocycles. The first-order valence-corrected chi connectivity index (χ1v) is 14.8. The summed E-state index contributed by atoms with van der Waals surface area (Å²) in [4.78, 5) is 0. The van der Waals surface area contributed by atoms with Gasteiger partial charge in [0, 0.05) is 15.1 Å². The summed E-state index contributed by atoms with van der Waals surface area (Å²) >= 11 is 35.9. The van der Waals surface area contributed by atoms with Gasteiger partial charge in [0.25, 0.3) is 3.79 Å². The van der Waals surface area contributed by atoms with Gasteiger partial charge in [-0.2, -0.15) is 0 Å². The number of halogens is 6. The maximum absolute atomic E-state index is 8.17. The molecule has 220 valence electrons. The molecule has 0 bridgehead atoms. The Kier molecular flexibility index (Phi) is 11.9. The van der Waals surface area contributed by atoms with Gasteiger partial charge in [-0.25, -0.2) is 0 Å². The summed E-state index contributed by atoms with van der Waals surface area (Å²) < 4.78 is 28.9. The number of ether oxygens (including phenoxy) is 5. The van der Waals surface area contributed by atoms with Crippen molar-refractivity contribution in [1.82, 2.24) is 0 Å². The zero-order valence-electron chi connectivity index (χ0n) is 21.7. The molecular formula is C29H27Cl6NO5. The lowest BCUT2D eigenvalue weighted by molar-refractivity contribution is -0.304. The first-order chi connectivity index (χ1) is 19.5. The van der Waals surface area contributed by atoms with Gasteiger partial charge in [-0.3, -0.25) is 5.41 Å². The normalized spacial score (nSPS) is 22.9. The molecule has 0 amide bonds. The van der Waals surface area contributed by atoms with Crippen LogP contribution in [0, 0.1) is 5.41 Å². The highest BCUT2D eigenvalue weighted by molar-refractivity contribution is 6.76. The van der Waals surface area contributed by atoms with Crippen molar-refractivity contribution in [3.05, 3.63) is 105 Å². The van der Waals surface area contributed by atoms with E-state index in [9.17, 15) is 0 Å². The highest BCUT2D eigenvalue weighted by Crippen LogP contribution is 2.34. The molecule has 3 aromatic carbocycles. The van der Waals surface area contributed by atoms with E-state index < -0.39 is 40.4 Å². The van der Waals surface area contributed by atoms with Crippen molar-refractivity contribution in [2.45, 2.75) is 61.2 Å². The largest absolute Gasteiger partial charge is 0.445 e. The van der Waals surface area contributed by atoms with Crippen LogP contribution in [0.4, 0.5) is 0 Å². The fraction of sp³-hybridized carbons (Fsp3) is 0.345. The number of nitrogens with one attached hydrogen (secondary N) is 1. The third-order valence-corrected chi connectivity index (χ3v) is 7.56. The lowest BCUT2D eigenvalue weighted by atomic mass is 9.98. The predicted octanol–water partition coefficient (Wildman–Crippen LogP) is 8.81. The van der Waals surface area contributed by atoms with E-state index in [0.29, 0.717) is 15.1 Å². The summed E-state index contributed by atoms with van der Waals surface area (Å²) in [5, 5.41) is 10.0. The quantitative estimate of drug-likeness (QED) is 0.132. The number of alkyl halides is 3. The summed E-state index contributed by atoms with van der Waals surface area (Å²) in [7, 11) is 0. The third kappa shape index (κ3) is 9.60. The van der Waals surface area contributed by atoms with Crippen LogP contribution in [0.25, 0.3) is 0 Å². The number of rotatable bonds is 10. The topological polar surface area (TPSA) is 70.0 Å². The van der Waals surface area contributed by atoms with Gasteiger partial charge in [0.1, 0.15) is 18.3 Å². The smallest absolute Gasteiger partial charge is 0.265 e. The Morgan fingerprint density at radius 1 is 0.659 bits per heavy atom. The Morgan fingerprint density at radius 3 is 1.41 bits per heavy atom. The van der Waals surface area contributed by atoms with Crippen LogP contribution in [0.1, 0.15) is 23.6 Å². The lowest BCUT2D eigenvalue weighted by Gasteiger charge is -2.45. The van der Waals surface area contributed by atoms with Gasteiger partial charge in [0.15, 0.2) is 0 Å². The average Bonchev–Trinajstić information content (AvgIpc) is 2.93. The molecule has 41 heavy (non-hydrogen) atoms. The van der Waals surface area contributed by atoms with Gasteiger partial charge >= 0.3 is 0 Å². The van der Waals surface area contributed by atoms with Crippen molar-refractivity contribution < 1.29 is 23.7 Å². The van der Waals surface area contributed by atoms with E-state index in [1.807, 2.05) is 43.3 Å². The predicted molar refractivity (Wildman–Crippen MR) is 164 cm³/mol.